The highest BCUT2D eigenvalue weighted by molar-refractivity contribution is 5.87. The van der Waals surface area contributed by atoms with Crippen molar-refractivity contribution >= 4 is 5.97 Å². The van der Waals surface area contributed by atoms with Crippen molar-refractivity contribution in [2.75, 3.05) is 7.11 Å². The molecule has 0 unspecified atom stereocenters. The van der Waals surface area contributed by atoms with Crippen LogP contribution >= 0.6 is 0 Å². The van der Waals surface area contributed by atoms with Gasteiger partial charge in [0.15, 0.2) is 5.69 Å². The van der Waals surface area contributed by atoms with Gasteiger partial charge in [0.1, 0.15) is 11.6 Å². The van der Waals surface area contributed by atoms with E-state index in [0.717, 1.165) is 0 Å². The van der Waals surface area contributed by atoms with Gasteiger partial charge in [-0.15, -0.1) is 0 Å². The van der Waals surface area contributed by atoms with Crippen molar-refractivity contribution in [1.29, 1.82) is 0 Å². The summed E-state index contributed by atoms with van der Waals surface area (Å²) in [6, 6.07) is 1.73. The van der Waals surface area contributed by atoms with Crippen molar-refractivity contribution in [2.24, 2.45) is 0 Å². The van der Waals surface area contributed by atoms with Crippen LogP contribution in [-0.2, 0) is 0 Å². The van der Waals surface area contributed by atoms with Gasteiger partial charge in [0.2, 0.25) is 0 Å². The van der Waals surface area contributed by atoms with Crippen molar-refractivity contribution in [1.82, 2.24) is 15.0 Å². The summed E-state index contributed by atoms with van der Waals surface area (Å²) in [7, 11) is 1.54. The van der Waals surface area contributed by atoms with Crippen LogP contribution in [-0.4, -0.2) is 33.1 Å². The predicted octanol–water partition coefficient (Wildman–Crippen LogP) is 1.49. The highest BCUT2D eigenvalue weighted by atomic mass is 16.5. The number of aromatic nitrogens is 3. The van der Waals surface area contributed by atoms with E-state index in [1.165, 1.54) is 7.11 Å². The third kappa shape index (κ3) is 2.10. The Bertz CT molecular complexity index is 563. The normalized spacial score (nSPS) is 10.2. The first-order chi connectivity index (χ1) is 8.11. The molecule has 2 N–H and O–H groups in total. The van der Waals surface area contributed by atoms with Gasteiger partial charge in [0.05, 0.1) is 13.3 Å². The second-order valence-electron chi connectivity index (χ2n) is 3.48. The number of ether oxygens (including phenoxy) is 1. The summed E-state index contributed by atoms with van der Waals surface area (Å²) < 4.78 is 5.04. The standard InChI is InChI=1S/C11H11N3O3/c1-6-9(11(15)16)14-10(13-6)7-3-8(17-2)5-12-4-7/h3-5H,1-2H3,(H,13,14)(H,15,16). The van der Waals surface area contributed by atoms with Crippen LogP contribution in [0.3, 0.4) is 0 Å². The van der Waals surface area contributed by atoms with Crippen molar-refractivity contribution in [3.8, 4) is 17.1 Å². The highest BCUT2D eigenvalue weighted by Gasteiger charge is 2.14. The number of hydrogen-bond donors (Lipinski definition) is 2. The number of carboxylic acid groups (broad SMARTS) is 1. The number of rotatable bonds is 3. The number of carbonyl (C=O) groups is 1. The molecule has 0 aliphatic heterocycles. The number of aryl methyl sites for hydroxylation is 1. The molecule has 6 nitrogen and oxygen atoms in total. The molecular weight excluding hydrogens is 222 g/mol. The van der Waals surface area contributed by atoms with Crippen LogP contribution in [0.4, 0.5) is 0 Å². The van der Waals surface area contributed by atoms with E-state index in [9.17, 15) is 4.79 Å². The first-order valence-electron chi connectivity index (χ1n) is 4.91. The summed E-state index contributed by atoms with van der Waals surface area (Å²) in [6.45, 7) is 1.66. The zero-order chi connectivity index (χ0) is 12.4. The molecule has 0 bridgehead atoms. The molecule has 0 saturated heterocycles. The van der Waals surface area contributed by atoms with Crippen LogP contribution < -0.4 is 4.74 Å². The molecule has 0 saturated carbocycles. The second kappa shape index (κ2) is 4.25. The molecule has 0 radical (unpaired) electrons. The molecule has 0 aromatic carbocycles. The first kappa shape index (κ1) is 11.1. The predicted molar refractivity (Wildman–Crippen MR) is 60.1 cm³/mol. The minimum absolute atomic E-state index is 0.0165. The van der Waals surface area contributed by atoms with Gasteiger partial charge in [-0.3, -0.25) is 4.98 Å². The maximum absolute atomic E-state index is 10.9. The highest BCUT2D eigenvalue weighted by Crippen LogP contribution is 2.21. The minimum atomic E-state index is -1.05. The summed E-state index contributed by atoms with van der Waals surface area (Å²) in [6.07, 6.45) is 3.16. The lowest BCUT2D eigenvalue weighted by molar-refractivity contribution is 0.0690. The van der Waals surface area contributed by atoms with E-state index in [4.69, 9.17) is 9.84 Å². The number of methoxy groups -OCH3 is 1. The first-order valence-corrected chi connectivity index (χ1v) is 4.91. The van der Waals surface area contributed by atoms with Gasteiger partial charge in [0.25, 0.3) is 0 Å². The van der Waals surface area contributed by atoms with E-state index < -0.39 is 5.97 Å². The second-order valence-corrected chi connectivity index (χ2v) is 3.48. The van der Waals surface area contributed by atoms with Crippen LogP contribution in [0.25, 0.3) is 11.4 Å². The molecule has 0 amide bonds. The molecule has 88 valence electrons. The summed E-state index contributed by atoms with van der Waals surface area (Å²) in [4.78, 5) is 21.8. The number of carboxylic acids is 1. The molecule has 2 rings (SSSR count). The van der Waals surface area contributed by atoms with Crippen molar-refractivity contribution in [3.63, 3.8) is 0 Å². The van der Waals surface area contributed by atoms with Crippen LogP contribution in [0, 0.1) is 6.92 Å². The van der Waals surface area contributed by atoms with E-state index >= 15 is 0 Å². The van der Waals surface area contributed by atoms with Gasteiger partial charge in [-0.1, -0.05) is 0 Å². The fourth-order valence-electron chi connectivity index (χ4n) is 1.47. The number of pyridine rings is 1. The average Bonchev–Trinajstić information content (AvgIpc) is 2.71. The summed E-state index contributed by atoms with van der Waals surface area (Å²) in [5, 5.41) is 8.90. The van der Waals surface area contributed by atoms with E-state index in [1.807, 2.05) is 0 Å². The van der Waals surface area contributed by atoms with Crippen LogP contribution in [0.15, 0.2) is 18.5 Å². The zero-order valence-corrected chi connectivity index (χ0v) is 9.39. The molecule has 2 aromatic heterocycles. The van der Waals surface area contributed by atoms with Gasteiger partial charge in [-0.05, 0) is 13.0 Å². The lowest BCUT2D eigenvalue weighted by Crippen LogP contribution is -1.98. The molecule has 0 fully saturated rings. The number of H-pyrrole nitrogens is 1. The SMILES string of the molecule is COc1cncc(-c2nc(C(=O)O)c(C)[nH]2)c1. The van der Waals surface area contributed by atoms with Crippen molar-refractivity contribution in [2.45, 2.75) is 6.92 Å². The Hall–Kier alpha value is -2.37. The minimum Gasteiger partial charge on any atom is -0.495 e. The Morgan fingerprint density at radius 3 is 2.82 bits per heavy atom. The van der Waals surface area contributed by atoms with Gasteiger partial charge in [-0.25, -0.2) is 9.78 Å². The fraction of sp³-hybridized carbons (Fsp3) is 0.182. The molecule has 17 heavy (non-hydrogen) atoms. The smallest absolute Gasteiger partial charge is 0.356 e. The number of aromatic amines is 1. The van der Waals surface area contributed by atoms with Crippen LogP contribution in [0.1, 0.15) is 16.2 Å². The number of nitrogens with zero attached hydrogens (tertiary/aromatic N) is 2. The topological polar surface area (TPSA) is 88.1 Å². The van der Waals surface area contributed by atoms with Crippen molar-refractivity contribution in [3.05, 3.63) is 29.8 Å². The number of hydrogen-bond acceptors (Lipinski definition) is 4. The molecule has 0 aliphatic rings. The van der Waals surface area contributed by atoms with E-state index in [0.29, 0.717) is 22.8 Å². The maximum Gasteiger partial charge on any atom is 0.356 e. The largest absolute Gasteiger partial charge is 0.495 e. The Morgan fingerprint density at radius 2 is 2.24 bits per heavy atom. The molecule has 2 heterocycles. The summed E-state index contributed by atoms with van der Waals surface area (Å²) >= 11 is 0. The molecule has 0 aliphatic carbocycles. The van der Waals surface area contributed by atoms with Gasteiger partial charge in [-0.2, -0.15) is 0 Å². The molecular formula is C11H11N3O3. The summed E-state index contributed by atoms with van der Waals surface area (Å²) in [5.74, 6) is 0.000540. The van der Waals surface area contributed by atoms with E-state index in [-0.39, 0.29) is 5.69 Å². The third-order valence-electron chi connectivity index (χ3n) is 2.31. The van der Waals surface area contributed by atoms with Gasteiger partial charge >= 0.3 is 5.97 Å². The average molecular weight is 233 g/mol. The van der Waals surface area contributed by atoms with E-state index in [2.05, 4.69) is 15.0 Å². The van der Waals surface area contributed by atoms with Crippen LogP contribution in [0.5, 0.6) is 5.75 Å². The Morgan fingerprint density at radius 1 is 1.47 bits per heavy atom. The Kier molecular flexibility index (Phi) is 2.78. The molecule has 0 atom stereocenters. The van der Waals surface area contributed by atoms with Crippen LogP contribution in [0.2, 0.25) is 0 Å². The number of aromatic carboxylic acids is 1. The maximum atomic E-state index is 10.9. The lowest BCUT2D eigenvalue weighted by Gasteiger charge is -2.00. The van der Waals surface area contributed by atoms with Gasteiger partial charge < -0.3 is 14.8 Å². The van der Waals surface area contributed by atoms with Crippen molar-refractivity contribution < 1.29 is 14.6 Å². The quantitative estimate of drug-likeness (QED) is 0.838. The lowest BCUT2D eigenvalue weighted by atomic mass is 10.2. The number of nitrogens with one attached hydrogen (secondary N) is 1. The molecule has 6 heteroatoms. The molecule has 2 aromatic rings. The summed E-state index contributed by atoms with van der Waals surface area (Å²) in [5.41, 5.74) is 1.21. The number of imidazole rings is 1. The van der Waals surface area contributed by atoms with Gasteiger partial charge in [0, 0.05) is 17.5 Å². The zero-order valence-electron chi connectivity index (χ0n) is 9.39. The third-order valence-corrected chi connectivity index (χ3v) is 2.31. The van der Waals surface area contributed by atoms with E-state index in [1.54, 1.807) is 25.4 Å². The Balaban J connectivity index is 2.46. The Labute approximate surface area is 97.3 Å². The molecule has 0 spiro atoms. The fourth-order valence-corrected chi connectivity index (χ4v) is 1.47. The monoisotopic (exact) mass is 233 g/mol.